The number of amides is 1. The van der Waals surface area contributed by atoms with Crippen molar-refractivity contribution in [3.63, 3.8) is 0 Å². The first-order chi connectivity index (χ1) is 10.1. The van der Waals surface area contributed by atoms with E-state index in [9.17, 15) is 4.79 Å². The number of rotatable bonds is 4. The molecule has 0 radical (unpaired) electrons. The minimum Gasteiger partial charge on any atom is -0.345 e. The largest absolute Gasteiger partial charge is 0.345 e. The number of nitrogens with one attached hydrogen (secondary N) is 1. The van der Waals surface area contributed by atoms with Gasteiger partial charge in [0.1, 0.15) is 11.4 Å². The number of hydrogen-bond acceptors (Lipinski definition) is 5. The molecule has 0 atom stereocenters. The van der Waals surface area contributed by atoms with Gasteiger partial charge in [0.25, 0.3) is 5.91 Å². The summed E-state index contributed by atoms with van der Waals surface area (Å²) in [6.45, 7) is 2.22. The fourth-order valence-electron chi connectivity index (χ4n) is 1.83. The molecule has 0 aliphatic heterocycles. The van der Waals surface area contributed by atoms with Crippen molar-refractivity contribution in [1.82, 2.24) is 30.1 Å². The minimum atomic E-state index is -0.219. The lowest BCUT2D eigenvalue weighted by Gasteiger charge is -1.99. The van der Waals surface area contributed by atoms with E-state index in [0.29, 0.717) is 17.9 Å². The number of nitrogens with zero attached hydrogens (tertiary/aromatic N) is 5. The van der Waals surface area contributed by atoms with Gasteiger partial charge >= 0.3 is 0 Å². The maximum atomic E-state index is 12.0. The predicted molar refractivity (Wildman–Crippen MR) is 78.4 cm³/mol. The van der Waals surface area contributed by atoms with Crippen LogP contribution in [0, 0.1) is 6.92 Å². The van der Waals surface area contributed by atoms with Gasteiger partial charge in [-0.2, -0.15) is 16.4 Å². The summed E-state index contributed by atoms with van der Waals surface area (Å²) in [4.78, 5) is 12.0. The molecule has 3 heterocycles. The Hall–Kier alpha value is -2.48. The zero-order chi connectivity index (χ0) is 14.8. The molecule has 0 fully saturated rings. The standard InChI is InChI=1S/C13H14N6OS/c1-9-5-12(16-18(9)2)13(20)14-6-10-7-19(17-15-10)11-3-4-21-8-11/h3-5,7-8H,6H2,1-2H3,(H,14,20). The first-order valence-electron chi connectivity index (χ1n) is 6.36. The molecule has 0 saturated heterocycles. The number of carbonyl (C=O) groups excluding carboxylic acids is 1. The summed E-state index contributed by atoms with van der Waals surface area (Å²) in [7, 11) is 1.80. The van der Waals surface area contributed by atoms with E-state index < -0.39 is 0 Å². The maximum Gasteiger partial charge on any atom is 0.272 e. The van der Waals surface area contributed by atoms with Crippen molar-refractivity contribution >= 4 is 17.2 Å². The first kappa shape index (κ1) is 13.5. The Morgan fingerprint density at radius 1 is 1.48 bits per heavy atom. The normalized spacial score (nSPS) is 10.8. The van der Waals surface area contributed by atoms with E-state index in [0.717, 1.165) is 11.4 Å². The number of aromatic nitrogens is 5. The Morgan fingerprint density at radius 2 is 2.33 bits per heavy atom. The van der Waals surface area contributed by atoms with Crippen LogP contribution in [0.2, 0.25) is 0 Å². The maximum absolute atomic E-state index is 12.0. The molecule has 108 valence electrons. The Kier molecular flexibility index (Phi) is 3.53. The Bertz CT molecular complexity index is 738. The number of thiophene rings is 1. The summed E-state index contributed by atoms with van der Waals surface area (Å²) >= 11 is 1.59. The van der Waals surface area contributed by atoms with Crippen molar-refractivity contribution in [2.24, 2.45) is 7.05 Å². The second-order valence-corrected chi connectivity index (χ2v) is 5.39. The number of aryl methyl sites for hydroxylation is 2. The van der Waals surface area contributed by atoms with E-state index in [1.54, 1.807) is 40.0 Å². The van der Waals surface area contributed by atoms with Crippen molar-refractivity contribution in [3.05, 3.63) is 46.2 Å². The highest BCUT2D eigenvalue weighted by molar-refractivity contribution is 7.08. The molecule has 3 aromatic heterocycles. The lowest BCUT2D eigenvalue weighted by atomic mass is 10.3. The van der Waals surface area contributed by atoms with Crippen molar-refractivity contribution in [1.29, 1.82) is 0 Å². The van der Waals surface area contributed by atoms with E-state index in [4.69, 9.17) is 0 Å². The summed E-state index contributed by atoms with van der Waals surface area (Å²) in [6, 6.07) is 3.70. The highest BCUT2D eigenvalue weighted by Crippen LogP contribution is 2.11. The minimum absolute atomic E-state index is 0.219. The third-order valence-electron chi connectivity index (χ3n) is 3.09. The van der Waals surface area contributed by atoms with Crippen LogP contribution in [0.5, 0.6) is 0 Å². The quantitative estimate of drug-likeness (QED) is 0.788. The molecular weight excluding hydrogens is 288 g/mol. The first-order valence-corrected chi connectivity index (χ1v) is 7.30. The van der Waals surface area contributed by atoms with Crippen LogP contribution < -0.4 is 5.32 Å². The molecule has 7 nitrogen and oxygen atoms in total. The van der Waals surface area contributed by atoms with Crippen LogP contribution >= 0.6 is 11.3 Å². The summed E-state index contributed by atoms with van der Waals surface area (Å²) in [6.07, 6.45) is 1.80. The lowest BCUT2D eigenvalue weighted by Crippen LogP contribution is -2.23. The zero-order valence-electron chi connectivity index (χ0n) is 11.6. The van der Waals surface area contributed by atoms with Gasteiger partial charge < -0.3 is 5.32 Å². The van der Waals surface area contributed by atoms with Gasteiger partial charge in [0.05, 0.1) is 18.4 Å². The molecule has 0 unspecified atom stereocenters. The monoisotopic (exact) mass is 302 g/mol. The van der Waals surface area contributed by atoms with Gasteiger partial charge in [0, 0.05) is 18.1 Å². The second kappa shape index (κ2) is 5.49. The molecule has 21 heavy (non-hydrogen) atoms. The molecule has 8 heteroatoms. The molecule has 0 aliphatic rings. The molecular formula is C13H14N6OS. The molecule has 1 amide bonds. The van der Waals surface area contributed by atoms with Crippen molar-refractivity contribution < 1.29 is 4.79 Å². The second-order valence-electron chi connectivity index (χ2n) is 4.61. The van der Waals surface area contributed by atoms with Gasteiger partial charge in [-0.05, 0) is 24.4 Å². The van der Waals surface area contributed by atoms with Crippen molar-refractivity contribution in [2.45, 2.75) is 13.5 Å². The third-order valence-corrected chi connectivity index (χ3v) is 3.76. The molecule has 0 saturated carbocycles. The third kappa shape index (κ3) is 2.84. The van der Waals surface area contributed by atoms with Crippen LogP contribution in [-0.4, -0.2) is 30.7 Å². The summed E-state index contributed by atoms with van der Waals surface area (Å²) < 4.78 is 3.35. The Morgan fingerprint density at radius 3 is 3.00 bits per heavy atom. The number of carbonyl (C=O) groups is 1. The van der Waals surface area contributed by atoms with Gasteiger partial charge in [-0.15, -0.1) is 5.10 Å². The average Bonchev–Trinajstić information content (AvgIpc) is 3.17. The fraction of sp³-hybridized carbons (Fsp3) is 0.231. The van der Waals surface area contributed by atoms with Crippen LogP contribution in [0.25, 0.3) is 5.69 Å². The van der Waals surface area contributed by atoms with Crippen LogP contribution in [0.15, 0.2) is 29.1 Å². The fourth-order valence-corrected chi connectivity index (χ4v) is 2.45. The topological polar surface area (TPSA) is 77.6 Å². The van der Waals surface area contributed by atoms with Gasteiger partial charge in [-0.3, -0.25) is 9.48 Å². The summed E-state index contributed by atoms with van der Waals surface area (Å²) in [5, 5.41) is 18.9. The van der Waals surface area contributed by atoms with Gasteiger partial charge in [-0.1, -0.05) is 5.21 Å². The highest BCUT2D eigenvalue weighted by Gasteiger charge is 2.11. The zero-order valence-corrected chi connectivity index (χ0v) is 12.5. The van der Waals surface area contributed by atoms with Crippen LogP contribution in [0.3, 0.4) is 0 Å². The van der Waals surface area contributed by atoms with E-state index >= 15 is 0 Å². The van der Waals surface area contributed by atoms with E-state index in [1.807, 2.05) is 23.8 Å². The molecule has 0 aromatic carbocycles. The SMILES string of the molecule is Cc1cc(C(=O)NCc2cn(-c3ccsc3)nn2)nn1C. The summed E-state index contributed by atoms with van der Waals surface area (Å²) in [5.41, 5.74) is 3.00. The molecule has 0 spiro atoms. The van der Waals surface area contributed by atoms with Crippen LogP contribution in [0.4, 0.5) is 0 Å². The summed E-state index contributed by atoms with van der Waals surface area (Å²) in [5.74, 6) is -0.219. The molecule has 0 bridgehead atoms. The average molecular weight is 302 g/mol. The predicted octanol–water partition coefficient (Wildman–Crippen LogP) is 1.30. The van der Waals surface area contributed by atoms with Gasteiger partial charge in [0.15, 0.2) is 0 Å². The van der Waals surface area contributed by atoms with Crippen LogP contribution in [0.1, 0.15) is 21.9 Å². The Labute approximate surface area is 125 Å². The molecule has 3 aromatic rings. The van der Waals surface area contributed by atoms with Gasteiger partial charge in [-0.25, -0.2) is 4.68 Å². The Balaban J connectivity index is 1.64. The van der Waals surface area contributed by atoms with Gasteiger partial charge in [0.2, 0.25) is 0 Å². The highest BCUT2D eigenvalue weighted by atomic mass is 32.1. The molecule has 0 aliphatic carbocycles. The molecule has 3 rings (SSSR count). The van der Waals surface area contributed by atoms with E-state index in [-0.39, 0.29) is 5.91 Å². The van der Waals surface area contributed by atoms with Crippen molar-refractivity contribution in [2.75, 3.05) is 0 Å². The number of hydrogen-bond donors (Lipinski definition) is 1. The van der Waals surface area contributed by atoms with Crippen molar-refractivity contribution in [3.8, 4) is 5.69 Å². The van der Waals surface area contributed by atoms with E-state index in [1.165, 1.54) is 0 Å². The molecule has 1 N–H and O–H groups in total. The van der Waals surface area contributed by atoms with E-state index in [2.05, 4.69) is 20.7 Å². The lowest BCUT2D eigenvalue weighted by molar-refractivity contribution is 0.0944. The smallest absolute Gasteiger partial charge is 0.272 e. The van der Waals surface area contributed by atoms with Crippen LogP contribution in [-0.2, 0) is 13.6 Å².